The normalized spacial score (nSPS) is 19.4. The molecule has 1 aromatic rings. The smallest absolute Gasteiger partial charge is 0.328 e. The largest absolute Gasteiger partial charge is 0.467 e. The van der Waals surface area contributed by atoms with Gasteiger partial charge in [-0.3, -0.25) is 4.79 Å². The van der Waals surface area contributed by atoms with Gasteiger partial charge >= 0.3 is 5.97 Å². The van der Waals surface area contributed by atoms with E-state index in [2.05, 4.69) is 4.98 Å². The summed E-state index contributed by atoms with van der Waals surface area (Å²) in [7, 11) is 1.37. The van der Waals surface area contributed by atoms with Gasteiger partial charge < -0.3 is 9.30 Å². The van der Waals surface area contributed by atoms with Crippen LogP contribution in [0.5, 0.6) is 0 Å². The highest BCUT2D eigenvalue weighted by atomic mass is 16.5. The number of carbonyl (C=O) groups excluding carboxylic acids is 2. The molecular formula is C10H12N2O3. The van der Waals surface area contributed by atoms with E-state index < -0.39 is 0 Å². The molecule has 80 valence electrons. The molecule has 1 atom stereocenters. The van der Waals surface area contributed by atoms with Crippen LogP contribution in [0.1, 0.15) is 35.1 Å². The van der Waals surface area contributed by atoms with Crippen molar-refractivity contribution in [3.05, 3.63) is 17.7 Å². The molecule has 1 aromatic heterocycles. The summed E-state index contributed by atoms with van der Waals surface area (Å²) in [6, 6.07) is -0.319. The van der Waals surface area contributed by atoms with E-state index >= 15 is 0 Å². The number of rotatable bonds is 2. The van der Waals surface area contributed by atoms with Crippen LogP contribution in [0.3, 0.4) is 0 Å². The molecule has 0 aromatic carbocycles. The van der Waals surface area contributed by atoms with Crippen molar-refractivity contribution in [2.45, 2.75) is 25.3 Å². The van der Waals surface area contributed by atoms with Gasteiger partial charge in [0.05, 0.1) is 13.4 Å². The molecule has 0 fully saturated rings. The number of esters is 1. The van der Waals surface area contributed by atoms with Gasteiger partial charge in [0, 0.05) is 5.69 Å². The summed E-state index contributed by atoms with van der Waals surface area (Å²) in [5, 5.41) is 0. The fourth-order valence-electron chi connectivity index (χ4n) is 1.99. The Labute approximate surface area is 87.1 Å². The van der Waals surface area contributed by atoms with Gasteiger partial charge in [0.1, 0.15) is 11.7 Å². The first kappa shape index (κ1) is 9.89. The van der Waals surface area contributed by atoms with Crippen molar-refractivity contribution in [1.29, 1.82) is 0 Å². The molecular weight excluding hydrogens is 196 g/mol. The molecule has 0 amide bonds. The number of aldehydes is 1. The van der Waals surface area contributed by atoms with Gasteiger partial charge in [-0.1, -0.05) is 0 Å². The highest BCUT2D eigenvalue weighted by molar-refractivity contribution is 5.77. The van der Waals surface area contributed by atoms with Crippen molar-refractivity contribution in [3.8, 4) is 0 Å². The first-order valence-corrected chi connectivity index (χ1v) is 4.86. The third-order valence-corrected chi connectivity index (χ3v) is 2.74. The maximum atomic E-state index is 11.5. The monoisotopic (exact) mass is 208 g/mol. The molecule has 1 aliphatic heterocycles. The highest BCUT2D eigenvalue weighted by Crippen LogP contribution is 2.26. The predicted octanol–water partition coefficient (Wildman–Crippen LogP) is 0.746. The molecule has 0 spiro atoms. The maximum Gasteiger partial charge on any atom is 0.328 e. The molecule has 0 saturated heterocycles. The van der Waals surface area contributed by atoms with Crippen molar-refractivity contribution in [1.82, 2.24) is 9.55 Å². The Balaban J connectivity index is 2.39. The van der Waals surface area contributed by atoms with E-state index in [1.165, 1.54) is 7.11 Å². The second-order valence-corrected chi connectivity index (χ2v) is 3.53. The first-order chi connectivity index (χ1) is 7.27. The number of hydrogen-bond acceptors (Lipinski definition) is 4. The van der Waals surface area contributed by atoms with Gasteiger partial charge in [0.25, 0.3) is 0 Å². The highest BCUT2D eigenvalue weighted by Gasteiger charge is 2.28. The lowest BCUT2D eigenvalue weighted by Crippen LogP contribution is -2.25. The average Bonchev–Trinajstić information content (AvgIpc) is 2.70. The third kappa shape index (κ3) is 1.54. The summed E-state index contributed by atoms with van der Waals surface area (Å²) in [4.78, 5) is 26.1. The predicted molar refractivity (Wildman–Crippen MR) is 51.6 cm³/mol. The minimum atomic E-state index is -0.319. The van der Waals surface area contributed by atoms with Crippen LogP contribution in [0.2, 0.25) is 0 Å². The number of nitrogens with zero attached hydrogens (tertiary/aromatic N) is 2. The summed E-state index contributed by atoms with van der Waals surface area (Å²) in [5.74, 6) is -0.272. The number of fused-ring (bicyclic) bond motifs is 1. The van der Waals surface area contributed by atoms with Crippen LogP contribution < -0.4 is 0 Å². The van der Waals surface area contributed by atoms with Crippen LogP contribution in [0.15, 0.2) is 6.33 Å². The second-order valence-electron chi connectivity index (χ2n) is 3.53. The number of aromatic nitrogens is 2. The Morgan fingerprint density at radius 3 is 3.20 bits per heavy atom. The molecule has 2 rings (SSSR count). The summed E-state index contributed by atoms with van der Waals surface area (Å²) < 4.78 is 6.46. The van der Waals surface area contributed by atoms with Gasteiger partial charge in [-0.05, 0) is 19.3 Å². The van der Waals surface area contributed by atoms with Gasteiger partial charge in [-0.2, -0.15) is 0 Å². The fraction of sp³-hybridized carbons (Fsp3) is 0.500. The Kier molecular flexibility index (Phi) is 2.53. The van der Waals surface area contributed by atoms with Crippen LogP contribution in [0, 0.1) is 0 Å². The van der Waals surface area contributed by atoms with E-state index in [9.17, 15) is 9.59 Å². The van der Waals surface area contributed by atoms with Crippen LogP contribution in [0.4, 0.5) is 0 Å². The summed E-state index contributed by atoms with van der Waals surface area (Å²) in [6.07, 6.45) is 4.69. The molecule has 0 N–H and O–H groups in total. The lowest BCUT2D eigenvalue weighted by atomic mass is 10.0. The second kappa shape index (κ2) is 3.84. The maximum absolute atomic E-state index is 11.5. The topological polar surface area (TPSA) is 61.2 Å². The molecule has 0 aliphatic carbocycles. The minimum Gasteiger partial charge on any atom is -0.467 e. The number of carbonyl (C=O) groups is 2. The number of methoxy groups -OCH3 is 1. The third-order valence-electron chi connectivity index (χ3n) is 2.74. The molecule has 15 heavy (non-hydrogen) atoms. The van der Waals surface area contributed by atoms with Crippen molar-refractivity contribution < 1.29 is 14.3 Å². The molecule has 1 unspecified atom stereocenters. The van der Waals surface area contributed by atoms with E-state index in [-0.39, 0.29) is 12.0 Å². The van der Waals surface area contributed by atoms with E-state index in [1.54, 1.807) is 10.9 Å². The number of ether oxygens (including phenoxy) is 1. The van der Waals surface area contributed by atoms with Crippen molar-refractivity contribution in [2.24, 2.45) is 0 Å². The average molecular weight is 208 g/mol. The number of imidazole rings is 1. The number of hydrogen-bond donors (Lipinski definition) is 0. The standard InChI is InChI=1S/C10H12N2O3/c1-15-10(14)9-4-2-3-8-7(5-13)11-6-12(8)9/h5-6,9H,2-4H2,1H3. The lowest BCUT2D eigenvalue weighted by molar-refractivity contribution is -0.145. The van der Waals surface area contributed by atoms with E-state index in [0.29, 0.717) is 5.69 Å². The Morgan fingerprint density at radius 1 is 1.73 bits per heavy atom. The van der Waals surface area contributed by atoms with Crippen LogP contribution >= 0.6 is 0 Å². The first-order valence-electron chi connectivity index (χ1n) is 4.86. The quantitative estimate of drug-likeness (QED) is 0.531. The van der Waals surface area contributed by atoms with Crippen molar-refractivity contribution in [3.63, 3.8) is 0 Å². The molecule has 2 heterocycles. The van der Waals surface area contributed by atoms with Gasteiger partial charge in [-0.25, -0.2) is 9.78 Å². The Bertz CT molecular complexity index is 397. The van der Waals surface area contributed by atoms with Crippen molar-refractivity contribution in [2.75, 3.05) is 7.11 Å². The molecule has 0 bridgehead atoms. The lowest BCUT2D eigenvalue weighted by Gasteiger charge is -2.23. The van der Waals surface area contributed by atoms with Gasteiger partial charge in [0.15, 0.2) is 6.29 Å². The zero-order chi connectivity index (χ0) is 10.8. The molecule has 0 saturated carbocycles. The summed E-state index contributed by atoms with van der Waals surface area (Å²) >= 11 is 0. The van der Waals surface area contributed by atoms with E-state index in [4.69, 9.17) is 4.74 Å². The zero-order valence-corrected chi connectivity index (χ0v) is 8.47. The summed E-state index contributed by atoms with van der Waals surface area (Å²) in [5.41, 5.74) is 1.27. The van der Waals surface area contributed by atoms with Crippen LogP contribution in [-0.2, 0) is 16.0 Å². The summed E-state index contributed by atoms with van der Waals surface area (Å²) in [6.45, 7) is 0. The van der Waals surface area contributed by atoms with Crippen LogP contribution in [-0.4, -0.2) is 28.9 Å². The molecule has 5 nitrogen and oxygen atoms in total. The molecule has 1 aliphatic rings. The Hall–Kier alpha value is -1.65. The van der Waals surface area contributed by atoms with E-state index in [0.717, 1.165) is 31.2 Å². The SMILES string of the molecule is COC(=O)C1CCCc2c(C=O)ncn21. The molecule has 5 heteroatoms. The van der Waals surface area contributed by atoms with Gasteiger partial charge in [0.2, 0.25) is 0 Å². The Morgan fingerprint density at radius 2 is 2.53 bits per heavy atom. The molecule has 0 radical (unpaired) electrons. The fourth-order valence-corrected chi connectivity index (χ4v) is 1.99. The van der Waals surface area contributed by atoms with Crippen LogP contribution in [0.25, 0.3) is 0 Å². The van der Waals surface area contributed by atoms with E-state index in [1.807, 2.05) is 0 Å². The van der Waals surface area contributed by atoms with Crippen molar-refractivity contribution >= 4 is 12.3 Å². The zero-order valence-electron chi connectivity index (χ0n) is 8.47. The minimum absolute atomic E-state index is 0.272. The van der Waals surface area contributed by atoms with Gasteiger partial charge in [-0.15, -0.1) is 0 Å².